The number of hydrogen-bond acceptors (Lipinski definition) is 7. The van der Waals surface area contributed by atoms with E-state index in [1.54, 1.807) is 42.5 Å². The van der Waals surface area contributed by atoms with Gasteiger partial charge in [-0.05, 0) is 102 Å². The number of anilines is 3. The number of ether oxygens (including phenoxy) is 2. The van der Waals surface area contributed by atoms with Gasteiger partial charge in [-0.3, -0.25) is 10.1 Å². The smallest absolute Gasteiger partial charge is 0.336 e. The second-order valence-electron chi connectivity index (χ2n) is 14.1. The quantitative estimate of drug-likeness (QED) is 0.0539. The number of aromatic carboxylic acids is 1. The predicted molar refractivity (Wildman–Crippen MR) is 215 cm³/mol. The molecule has 0 aromatic heterocycles. The molecule has 6 aromatic carbocycles. The SMILES string of the molecule is CC(C)(COc1ccc(NC(=O)c2ccc(Cc3ccccc3)cc2C(=O)O)cc1)COc1ccc(Nc2ccc(Cc3ccccc3)cc2COO)cc1. The van der Waals surface area contributed by atoms with Gasteiger partial charge in [-0.1, -0.05) is 92.7 Å². The Kier molecular flexibility index (Phi) is 12.6. The Labute approximate surface area is 321 Å². The Morgan fingerprint density at radius 3 is 1.67 bits per heavy atom. The molecule has 4 N–H and O–H groups in total. The molecule has 0 saturated heterocycles. The average Bonchev–Trinajstić information content (AvgIpc) is 3.19. The van der Waals surface area contributed by atoms with E-state index >= 15 is 0 Å². The van der Waals surface area contributed by atoms with Crippen molar-refractivity contribution >= 4 is 28.9 Å². The lowest BCUT2D eigenvalue weighted by molar-refractivity contribution is -0.252. The summed E-state index contributed by atoms with van der Waals surface area (Å²) in [4.78, 5) is 29.7. The Morgan fingerprint density at radius 2 is 1.13 bits per heavy atom. The zero-order valence-corrected chi connectivity index (χ0v) is 30.8. The summed E-state index contributed by atoms with van der Waals surface area (Å²) in [6.07, 6.45) is 1.35. The number of nitrogens with one attached hydrogen (secondary N) is 2. The number of carbonyl (C=O) groups excluding carboxylic acids is 1. The number of benzene rings is 6. The third kappa shape index (κ3) is 11.1. The fraction of sp³-hybridized carbons (Fsp3) is 0.174. The van der Waals surface area contributed by atoms with Crippen LogP contribution >= 0.6 is 0 Å². The van der Waals surface area contributed by atoms with Crippen molar-refractivity contribution in [2.75, 3.05) is 23.8 Å². The zero-order valence-electron chi connectivity index (χ0n) is 30.8. The first-order chi connectivity index (χ1) is 26.6. The molecule has 0 aliphatic heterocycles. The van der Waals surface area contributed by atoms with Gasteiger partial charge >= 0.3 is 5.97 Å². The molecule has 0 aliphatic carbocycles. The first-order valence-corrected chi connectivity index (χ1v) is 18.0. The van der Waals surface area contributed by atoms with E-state index in [4.69, 9.17) is 9.47 Å². The van der Waals surface area contributed by atoms with Crippen molar-refractivity contribution in [1.82, 2.24) is 0 Å². The predicted octanol–water partition coefficient (Wildman–Crippen LogP) is 10.0. The van der Waals surface area contributed by atoms with Crippen molar-refractivity contribution in [1.29, 1.82) is 0 Å². The first kappa shape index (κ1) is 38.3. The topological polar surface area (TPSA) is 126 Å². The molecule has 9 heteroatoms. The van der Waals surface area contributed by atoms with Crippen LogP contribution < -0.4 is 20.1 Å². The molecule has 0 bridgehead atoms. The number of carboxylic acid groups (broad SMARTS) is 1. The zero-order chi connectivity index (χ0) is 38.6. The van der Waals surface area contributed by atoms with Crippen molar-refractivity contribution in [3.63, 3.8) is 0 Å². The van der Waals surface area contributed by atoms with E-state index < -0.39 is 11.9 Å². The highest BCUT2D eigenvalue weighted by Crippen LogP contribution is 2.28. The lowest BCUT2D eigenvalue weighted by atomic mass is 9.96. The van der Waals surface area contributed by atoms with Gasteiger partial charge in [-0.25, -0.2) is 9.68 Å². The van der Waals surface area contributed by atoms with Crippen molar-refractivity contribution in [3.8, 4) is 11.5 Å². The highest BCUT2D eigenvalue weighted by molar-refractivity contribution is 6.10. The second kappa shape index (κ2) is 18.1. The van der Waals surface area contributed by atoms with E-state index in [0.717, 1.165) is 40.0 Å². The number of rotatable bonds is 17. The maximum absolute atomic E-state index is 13.1. The summed E-state index contributed by atoms with van der Waals surface area (Å²) in [6.45, 7) is 4.95. The van der Waals surface area contributed by atoms with E-state index in [9.17, 15) is 20.0 Å². The van der Waals surface area contributed by atoms with Crippen LogP contribution in [0.5, 0.6) is 11.5 Å². The van der Waals surface area contributed by atoms with Crippen LogP contribution in [0.4, 0.5) is 17.1 Å². The van der Waals surface area contributed by atoms with Crippen LogP contribution in [-0.4, -0.2) is 35.5 Å². The van der Waals surface area contributed by atoms with Crippen LogP contribution in [0.15, 0.2) is 146 Å². The molecule has 9 nitrogen and oxygen atoms in total. The number of carbonyl (C=O) groups is 2. The van der Waals surface area contributed by atoms with Crippen molar-refractivity contribution in [3.05, 3.63) is 185 Å². The van der Waals surface area contributed by atoms with Crippen LogP contribution in [0.1, 0.15) is 62.4 Å². The Hall–Kier alpha value is -6.42. The average molecular weight is 737 g/mol. The molecule has 0 heterocycles. The minimum absolute atomic E-state index is 0.0492. The van der Waals surface area contributed by atoms with Crippen LogP contribution in [0.2, 0.25) is 0 Å². The molecule has 0 atom stereocenters. The summed E-state index contributed by atoms with van der Waals surface area (Å²) in [5, 5.41) is 25.3. The number of carboxylic acids is 1. The maximum atomic E-state index is 13.1. The van der Waals surface area contributed by atoms with Gasteiger partial charge in [0.15, 0.2) is 0 Å². The summed E-state index contributed by atoms with van der Waals surface area (Å²) < 4.78 is 12.2. The van der Waals surface area contributed by atoms with Gasteiger partial charge in [0.1, 0.15) is 18.1 Å². The highest BCUT2D eigenvalue weighted by atomic mass is 17.1. The molecule has 0 unspecified atom stereocenters. The summed E-state index contributed by atoms with van der Waals surface area (Å²) in [5.74, 6) is -0.330. The van der Waals surface area contributed by atoms with Gasteiger partial charge < -0.3 is 25.2 Å². The van der Waals surface area contributed by atoms with Crippen LogP contribution in [0, 0.1) is 5.41 Å². The number of amides is 1. The molecule has 0 radical (unpaired) electrons. The van der Waals surface area contributed by atoms with Crippen molar-refractivity contribution < 1.29 is 34.3 Å². The molecular weight excluding hydrogens is 693 g/mol. The molecule has 0 fully saturated rings. The Morgan fingerprint density at radius 1 is 0.600 bits per heavy atom. The van der Waals surface area contributed by atoms with Crippen LogP contribution in [0.25, 0.3) is 0 Å². The van der Waals surface area contributed by atoms with Gasteiger partial charge in [-0.2, -0.15) is 0 Å². The highest BCUT2D eigenvalue weighted by Gasteiger charge is 2.21. The fourth-order valence-electron chi connectivity index (χ4n) is 6.03. The van der Waals surface area contributed by atoms with Crippen molar-refractivity contribution in [2.24, 2.45) is 5.41 Å². The minimum Gasteiger partial charge on any atom is -0.493 e. The lowest BCUT2D eigenvalue weighted by Crippen LogP contribution is -2.28. The molecule has 280 valence electrons. The summed E-state index contributed by atoms with van der Waals surface area (Å²) >= 11 is 0. The second-order valence-corrected chi connectivity index (χ2v) is 14.1. The lowest BCUT2D eigenvalue weighted by Gasteiger charge is -2.25. The summed E-state index contributed by atoms with van der Waals surface area (Å²) in [6, 6.07) is 45.6. The Balaban J connectivity index is 0.980. The largest absolute Gasteiger partial charge is 0.493 e. The van der Waals surface area contributed by atoms with E-state index in [1.165, 1.54) is 5.56 Å². The minimum atomic E-state index is -1.16. The molecule has 1 amide bonds. The van der Waals surface area contributed by atoms with Gasteiger partial charge in [0, 0.05) is 28.0 Å². The van der Waals surface area contributed by atoms with Gasteiger partial charge in [0.2, 0.25) is 0 Å². The Bertz CT molecular complexity index is 2190. The molecule has 0 spiro atoms. The van der Waals surface area contributed by atoms with Gasteiger partial charge in [0.25, 0.3) is 5.91 Å². The molecule has 55 heavy (non-hydrogen) atoms. The van der Waals surface area contributed by atoms with Gasteiger partial charge in [0.05, 0.1) is 24.3 Å². The van der Waals surface area contributed by atoms with E-state index in [2.05, 4.69) is 47.6 Å². The molecular formula is C46H44N2O7. The van der Waals surface area contributed by atoms with Crippen LogP contribution in [-0.2, 0) is 24.3 Å². The third-order valence-electron chi connectivity index (χ3n) is 8.96. The normalized spacial score (nSPS) is 11.1. The fourth-order valence-corrected chi connectivity index (χ4v) is 6.03. The summed E-state index contributed by atoms with van der Waals surface area (Å²) in [7, 11) is 0. The van der Waals surface area contributed by atoms with Crippen LogP contribution in [0.3, 0.4) is 0 Å². The number of hydrogen-bond donors (Lipinski definition) is 4. The van der Waals surface area contributed by atoms with E-state index in [-0.39, 0.29) is 23.1 Å². The molecule has 6 aromatic rings. The van der Waals surface area contributed by atoms with Gasteiger partial charge in [-0.15, -0.1) is 0 Å². The molecule has 0 aliphatic rings. The standard InChI is InChI=1S/C46H44N2O7/c1-46(2,30-53-39-19-15-37(16-20-39)47-43-24-14-34(27-36(43)29-55-52)25-32-9-5-3-6-10-32)31-54-40-21-17-38(18-22-40)48-44(49)41-23-13-35(28-42(41)45(50)51)26-33-11-7-4-8-12-33/h3-24,27-28,47,52H,25-26,29-31H2,1-2H3,(H,48,49)(H,50,51). The molecule has 0 saturated carbocycles. The molecule has 6 rings (SSSR count). The third-order valence-corrected chi connectivity index (χ3v) is 8.96. The van der Waals surface area contributed by atoms with Crippen molar-refractivity contribution in [2.45, 2.75) is 33.3 Å². The summed E-state index contributed by atoms with van der Waals surface area (Å²) in [5.41, 5.74) is 6.95. The monoisotopic (exact) mass is 736 g/mol. The first-order valence-electron chi connectivity index (χ1n) is 18.0. The maximum Gasteiger partial charge on any atom is 0.336 e. The van der Waals surface area contributed by atoms with E-state index in [1.807, 2.05) is 84.9 Å². The van der Waals surface area contributed by atoms with E-state index in [0.29, 0.717) is 36.8 Å².